The molecule has 0 atom stereocenters. The Kier molecular flexibility index (Phi) is 5.60. The van der Waals surface area contributed by atoms with Gasteiger partial charge in [-0.15, -0.1) is 17.9 Å². The number of thioether (sulfide) groups is 1. The minimum Gasteiger partial charge on any atom is -0.268 e. The van der Waals surface area contributed by atoms with Crippen molar-refractivity contribution in [2.24, 2.45) is 0 Å². The summed E-state index contributed by atoms with van der Waals surface area (Å²) < 4.78 is 1.55. The number of nitrogens with zero attached hydrogens (tertiary/aromatic N) is 2. The van der Waals surface area contributed by atoms with Crippen LogP contribution in [0, 0.1) is 0 Å². The zero-order chi connectivity index (χ0) is 19.7. The molecule has 0 unspecified atom stereocenters. The number of hydrogen-bond donors (Lipinski definition) is 0. The van der Waals surface area contributed by atoms with Crippen molar-refractivity contribution >= 4 is 56.5 Å². The number of rotatable bonds is 5. The number of hydrogen-bond acceptors (Lipinski definition) is 4. The minimum atomic E-state index is -0.154. The molecule has 2 aromatic carbocycles. The molecule has 0 aliphatic carbocycles. The molecule has 0 amide bonds. The van der Waals surface area contributed by atoms with Gasteiger partial charge >= 0.3 is 0 Å². The Bertz CT molecular complexity index is 1230. The van der Waals surface area contributed by atoms with Gasteiger partial charge in [0.1, 0.15) is 4.83 Å². The minimum absolute atomic E-state index is 0.154. The second-order valence-corrected chi connectivity index (χ2v) is 8.79. The van der Waals surface area contributed by atoms with E-state index in [2.05, 4.69) is 6.58 Å². The maximum atomic E-state index is 13.4. The summed E-state index contributed by atoms with van der Waals surface area (Å²) >= 11 is 15.4. The number of aromatic nitrogens is 2. The smallest absolute Gasteiger partial charge is 0.267 e. The van der Waals surface area contributed by atoms with Crippen LogP contribution < -0.4 is 5.56 Å². The summed E-state index contributed by atoms with van der Waals surface area (Å²) in [7, 11) is 0. The van der Waals surface area contributed by atoms with Crippen molar-refractivity contribution in [2.45, 2.75) is 5.16 Å². The highest BCUT2D eigenvalue weighted by Crippen LogP contribution is 2.34. The fraction of sp³-hybridized carbons (Fsp3) is 0.0476. The Balaban J connectivity index is 1.98. The van der Waals surface area contributed by atoms with E-state index in [0.29, 0.717) is 36.9 Å². The van der Waals surface area contributed by atoms with E-state index in [1.807, 2.05) is 36.4 Å². The van der Waals surface area contributed by atoms with Crippen molar-refractivity contribution in [3.8, 4) is 16.1 Å². The number of benzene rings is 2. The van der Waals surface area contributed by atoms with E-state index in [9.17, 15) is 4.79 Å². The monoisotopic (exact) mass is 444 g/mol. The van der Waals surface area contributed by atoms with Crippen LogP contribution in [0.3, 0.4) is 0 Å². The molecule has 0 saturated heterocycles. The molecule has 0 fully saturated rings. The van der Waals surface area contributed by atoms with Gasteiger partial charge in [0, 0.05) is 15.7 Å². The first-order chi connectivity index (χ1) is 13.6. The van der Waals surface area contributed by atoms with E-state index in [1.165, 1.54) is 23.1 Å². The molecular weight excluding hydrogens is 431 g/mol. The second kappa shape index (κ2) is 8.13. The maximum absolute atomic E-state index is 13.4. The predicted molar refractivity (Wildman–Crippen MR) is 122 cm³/mol. The van der Waals surface area contributed by atoms with Crippen LogP contribution in [-0.2, 0) is 0 Å². The van der Waals surface area contributed by atoms with Crippen molar-refractivity contribution in [3.05, 3.63) is 87.7 Å². The maximum Gasteiger partial charge on any atom is 0.267 e. The first-order valence-corrected chi connectivity index (χ1v) is 11.0. The molecule has 4 rings (SSSR count). The van der Waals surface area contributed by atoms with Gasteiger partial charge in [-0.1, -0.05) is 71.4 Å². The summed E-state index contributed by atoms with van der Waals surface area (Å²) in [6, 6.07) is 16.9. The first kappa shape index (κ1) is 19.3. The fourth-order valence-electron chi connectivity index (χ4n) is 2.81. The average Bonchev–Trinajstić information content (AvgIpc) is 3.13. The van der Waals surface area contributed by atoms with E-state index in [4.69, 9.17) is 28.2 Å². The molecule has 3 nitrogen and oxygen atoms in total. The van der Waals surface area contributed by atoms with Crippen LogP contribution in [0.15, 0.2) is 77.2 Å². The lowest BCUT2D eigenvalue weighted by Crippen LogP contribution is -2.21. The van der Waals surface area contributed by atoms with Gasteiger partial charge < -0.3 is 0 Å². The van der Waals surface area contributed by atoms with Crippen molar-refractivity contribution in [3.63, 3.8) is 0 Å². The van der Waals surface area contributed by atoms with Gasteiger partial charge in [-0.25, -0.2) is 4.98 Å². The molecule has 7 heteroatoms. The molecule has 2 aromatic heterocycles. The quantitative estimate of drug-likeness (QED) is 0.195. The molecule has 0 saturated carbocycles. The molecule has 0 bridgehead atoms. The van der Waals surface area contributed by atoms with Crippen molar-refractivity contribution in [1.82, 2.24) is 9.55 Å². The van der Waals surface area contributed by atoms with Crippen LogP contribution in [0.25, 0.3) is 26.3 Å². The topological polar surface area (TPSA) is 34.9 Å². The van der Waals surface area contributed by atoms with Crippen molar-refractivity contribution in [1.29, 1.82) is 0 Å². The Hall–Kier alpha value is -2.05. The van der Waals surface area contributed by atoms with E-state index >= 15 is 0 Å². The molecule has 0 spiro atoms. The van der Waals surface area contributed by atoms with Gasteiger partial charge in [0.25, 0.3) is 5.56 Å². The molecule has 0 aliphatic rings. The third-order valence-electron chi connectivity index (χ3n) is 4.07. The zero-order valence-electron chi connectivity index (χ0n) is 14.6. The standard InChI is InChI=1S/C21H14Cl2N2OS2/c1-2-10-27-21-24-19-15(12-18(28-19)13-6-4-3-5-7-13)20(26)25(21)17-9-8-14(22)11-16(17)23/h2-9,11-12H,1,10H2. The molecule has 140 valence electrons. The third kappa shape index (κ3) is 3.63. The summed E-state index contributed by atoms with van der Waals surface area (Å²) in [5.74, 6) is 0.625. The Morgan fingerprint density at radius 2 is 1.93 bits per heavy atom. The van der Waals surface area contributed by atoms with Gasteiger partial charge in [0.05, 0.1) is 16.1 Å². The highest BCUT2D eigenvalue weighted by molar-refractivity contribution is 7.99. The van der Waals surface area contributed by atoms with Gasteiger partial charge in [0.2, 0.25) is 0 Å². The van der Waals surface area contributed by atoms with Crippen molar-refractivity contribution in [2.75, 3.05) is 5.75 Å². The average molecular weight is 445 g/mol. The number of fused-ring (bicyclic) bond motifs is 1. The van der Waals surface area contributed by atoms with E-state index in [0.717, 1.165) is 10.4 Å². The van der Waals surface area contributed by atoms with Gasteiger partial charge in [-0.05, 0) is 29.8 Å². The van der Waals surface area contributed by atoms with Crippen LogP contribution in [0.2, 0.25) is 10.0 Å². The molecule has 0 radical (unpaired) electrons. The molecule has 2 heterocycles. The molecule has 4 aromatic rings. The lowest BCUT2D eigenvalue weighted by Gasteiger charge is -2.13. The van der Waals surface area contributed by atoms with E-state index in [1.54, 1.807) is 28.8 Å². The van der Waals surface area contributed by atoms with Crippen LogP contribution in [0.5, 0.6) is 0 Å². The molecule has 0 N–H and O–H groups in total. The van der Waals surface area contributed by atoms with Gasteiger partial charge in [0.15, 0.2) is 5.16 Å². The first-order valence-electron chi connectivity index (χ1n) is 8.39. The fourth-order valence-corrected chi connectivity index (χ4v) is 5.12. The zero-order valence-corrected chi connectivity index (χ0v) is 17.7. The van der Waals surface area contributed by atoms with E-state index < -0.39 is 0 Å². The highest BCUT2D eigenvalue weighted by Gasteiger charge is 2.18. The predicted octanol–water partition coefficient (Wildman–Crippen LogP) is 6.70. The summed E-state index contributed by atoms with van der Waals surface area (Å²) in [5.41, 5.74) is 1.46. The molecule has 28 heavy (non-hydrogen) atoms. The van der Waals surface area contributed by atoms with E-state index in [-0.39, 0.29) is 5.56 Å². The second-order valence-electron chi connectivity index (χ2n) is 5.93. The third-order valence-corrected chi connectivity index (χ3v) is 6.62. The Labute approximate surface area is 180 Å². The Morgan fingerprint density at radius 1 is 1.14 bits per heavy atom. The normalized spacial score (nSPS) is 11.1. The number of thiophene rings is 1. The highest BCUT2D eigenvalue weighted by atomic mass is 35.5. The van der Waals surface area contributed by atoms with Crippen LogP contribution in [0.1, 0.15) is 0 Å². The molecular formula is C21H14Cl2N2OS2. The van der Waals surface area contributed by atoms with Gasteiger partial charge in [-0.3, -0.25) is 9.36 Å². The number of halogens is 2. The summed E-state index contributed by atoms with van der Waals surface area (Å²) in [6.07, 6.45) is 1.78. The van der Waals surface area contributed by atoms with Crippen LogP contribution in [0.4, 0.5) is 0 Å². The summed E-state index contributed by atoms with van der Waals surface area (Å²) in [6.45, 7) is 3.76. The van der Waals surface area contributed by atoms with Crippen LogP contribution in [-0.4, -0.2) is 15.3 Å². The Morgan fingerprint density at radius 3 is 2.64 bits per heavy atom. The van der Waals surface area contributed by atoms with Crippen molar-refractivity contribution < 1.29 is 0 Å². The van der Waals surface area contributed by atoms with Gasteiger partial charge in [-0.2, -0.15) is 0 Å². The lowest BCUT2D eigenvalue weighted by molar-refractivity contribution is 0.824. The SMILES string of the molecule is C=CCSc1nc2sc(-c3ccccc3)cc2c(=O)n1-c1ccc(Cl)cc1Cl. The summed E-state index contributed by atoms with van der Waals surface area (Å²) in [4.78, 5) is 19.9. The summed E-state index contributed by atoms with van der Waals surface area (Å²) in [5, 5.41) is 2.05. The molecule has 0 aliphatic heterocycles. The lowest BCUT2D eigenvalue weighted by atomic mass is 10.2. The van der Waals surface area contributed by atoms with Crippen LogP contribution >= 0.6 is 46.3 Å². The largest absolute Gasteiger partial charge is 0.268 e.